The van der Waals surface area contributed by atoms with E-state index in [4.69, 9.17) is 11.6 Å². The molecule has 0 unspecified atom stereocenters. The number of urea groups is 1. The van der Waals surface area contributed by atoms with Crippen LogP contribution >= 0.6 is 11.6 Å². The number of hydrogen-bond acceptors (Lipinski definition) is 1. The highest BCUT2D eigenvalue weighted by Crippen LogP contribution is 2.20. The van der Waals surface area contributed by atoms with E-state index in [9.17, 15) is 13.6 Å². The van der Waals surface area contributed by atoms with E-state index in [0.29, 0.717) is 25.3 Å². The summed E-state index contributed by atoms with van der Waals surface area (Å²) in [6, 6.07) is 13.8. The Morgan fingerprint density at radius 2 is 1.93 bits per heavy atom. The summed E-state index contributed by atoms with van der Waals surface area (Å²) >= 11 is 5.78. The van der Waals surface area contributed by atoms with E-state index in [1.165, 1.54) is 30.3 Å². The number of carbonyl (C=O) groups excluding carboxylic acids is 1. The van der Waals surface area contributed by atoms with Crippen LogP contribution in [0.25, 0.3) is 0 Å². The molecular formula is C22H20ClF2N3O. The third-order valence-corrected chi connectivity index (χ3v) is 4.64. The topological polar surface area (TPSA) is 37.3 Å². The maximum absolute atomic E-state index is 13.3. The number of carbonyl (C=O) groups is 1. The Labute approximate surface area is 173 Å². The van der Waals surface area contributed by atoms with E-state index in [-0.39, 0.29) is 16.9 Å². The van der Waals surface area contributed by atoms with Crippen LogP contribution in [0.2, 0.25) is 5.02 Å². The monoisotopic (exact) mass is 415 g/mol. The number of rotatable bonds is 7. The summed E-state index contributed by atoms with van der Waals surface area (Å²) < 4.78 is 28.4. The van der Waals surface area contributed by atoms with Crippen molar-refractivity contribution in [2.75, 3.05) is 11.9 Å². The zero-order valence-corrected chi connectivity index (χ0v) is 16.4. The molecule has 0 bridgehead atoms. The van der Waals surface area contributed by atoms with Gasteiger partial charge in [0.15, 0.2) is 0 Å². The van der Waals surface area contributed by atoms with E-state index >= 15 is 0 Å². The molecular weight excluding hydrogens is 396 g/mol. The Hall–Kier alpha value is -3.12. The molecule has 2 amide bonds. The largest absolute Gasteiger partial charge is 0.345 e. The SMILES string of the molecule is C=CCN(Cc1cccn1Cc1ccc(F)cc1)C(=O)Nc1ccc(F)c(Cl)c1. The van der Waals surface area contributed by atoms with E-state index in [2.05, 4.69) is 11.9 Å². The number of hydrogen-bond donors (Lipinski definition) is 1. The van der Waals surface area contributed by atoms with Gasteiger partial charge in [-0.3, -0.25) is 0 Å². The normalized spacial score (nSPS) is 10.6. The van der Waals surface area contributed by atoms with Crippen LogP contribution in [0.15, 0.2) is 73.4 Å². The quantitative estimate of drug-likeness (QED) is 0.494. The lowest BCUT2D eigenvalue weighted by atomic mass is 10.2. The van der Waals surface area contributed by atoms with Crippen LogP contribution in [-0.2, 0) is 13.1 Å². The standard InChI is InChI=1S/C22H20ClF2N3O/c1-2-11-28(22(29)26-18-9-10-21(25)20(23)13-18)15-19-4-3-12-27(19)14-16-5-7-17(24)8-6-16/h2-10,12-13H,1,11,14-15H2,(H,26,29). The van der Waals surface area contributed by atoms with Crippen LogP contribution in [0.5, 0.6) is 0 Å². The molecule has 0 atom stereocenters. The minimum absolute atomic E-state index is 0.0637. The van der Waals surface area contributed by atoms with Gasteiger partial charge in [0.1, 0.15) is 11.6 Å². The van der Waals surface area contributed by atoms with Crippen LogP contribution in [0.3, 0.4) is 0 Å². The van der Waals surface area contributed by atoms with Gasteiger partial charge in [-0.15, -0.1) is 6.58 Å². The van der Waals surface area contributed by atoms with Gasteiger partial charge in [-0.05, 0) is 48.0 Å². The number of aromatic nitrogens is 1. The van der Waals surface area contributed by atoms with Crippen LogP contribution in [0.1, 0.15) is 11.3 Å². The molecule has 29 heavy (non-hydrogen) atoms. The van der Waals surface area contributed by atoms with Crippen molar-refractivity contribution >= 4 is 23.3 Å². The molecule has 1 aromatic heterocycles. The molecule has 0 aliphatic carbocycles. The van der Waals surface area contributed by atoms with Gasteiger partial charge in [0, 0.05) is 30.7 Å². The van der Waals surface area contributed by atoms with Gasteiger partial charge in [0.25, 0.3) is 0 Å². The Kier molecular flexibility index (Phi) is 6.67. The molecule has 7 heteroatoms. The van der Waals surface area contributed by atoms with Gasteiger partial charge in [-0.1, -0.05) is 29.8 Å². The first-order valence-electron chi connectivity index (χ1n) is 8.96. The van der Waals surface area contributed by atoms with E-state index in [1.54, 1.807) is 23.1 Å². The van der Waals surface area contributed by atoms with Crippen LogP contribution in [-0.4, -0.2) is 22.0 Å². The minimum Gasteiger partial charge on any atom is -0.345 e. The lowest BCUT2D eigenvalue weighted by molar-refractivity contribution is 0.214. The maximum atomic E-state index is 13.3. The summed E-state index contributed by atoms with van der Waals surface area (Å²) in [6.07, 6.45) is 3.53. The first-order valence-corrected chi connectivity index (χ1v) is 9.34. The third-order valence-electron chi connectivity index (χ3n) is 4.35. The van der Waals surface area contributed by atoms with Crippen LogP contribution < -0.4 is 5.32 Å². The summed E-state index contributed by atoms with van der Waals surface area (Å²) in [6.45, 7) is 4.92. The molecule has 0 spiro atoms. The average Bonchev–Trinajstić information content (AvgIpc) is 3.13. The number of halogens is 3. The second-order valence-electron chi connectivity index (χ2n) is 6.48. The zero-order valence-electron chi connectivity index (χ0n) is 15.6. The molecule has 0 radical (unpaired) electrons. The van der Waals surface area contributed by atoms with Crippen molar-refractivity contribution in [3.63, 3.8) is 0 Å². The Morgan fingerprint density at radius 1 is 1.17 bits per heavy atom. The van der Waals surface area contributed by atoms with Crippen molar-refractivity contribution < 1.29 is 13.6 Å². The number of nitrogens with one attached hydrogen (secondary N) is 1. The lowest BCUT2D eigenvalue weighted by Crippen LogP contribution is -2.35. The summed E-state index contributed by atoms with van der Waals surface area (Å²) in [7, 11) is 0. The first kappa shape index (κ1) is 20.6. The first-order chi connectivity index (χ1) is 14.0. The summed E-state index contributed by atoms with van der Waals surface area (Å²) in [5.74, 6) is -0.831. The Bertz CT molecular complexity index is 1000. The predicted molar refractivity (Wildman–Crippen MR) is 111 cm³/mol. The third kappa shape index (κ3) is 5.45. The molecule has 3 aromatic rings. The fourth-order valence-corrected chi connectivity index (χ4v) is 3.06. The second-order valence-corrected chi connectivity index (χ2v) is 6.89. The highest BCUT2D eigenvalue weighted by atomic mass is 35.5. The minimum atomic E-state index is -0.550. The van der Waals surface area contributed by atoms with Crippen molar-refractivity contribution in [1.82, 2.24) is 9.47 Å². The van der Waals surface area contributed by atoms with Crippen LogP contribution in [0.4, 0.5) is 19.3 Å². The van der Waals surface area contributed by atoms with Gasteiger partial charge in [-0.2, -0.15) is 0 Å². The molecule has 3 rings (SSSR count). The number of anilines is 1. The molecule has 0 aliphatic heterocycles. The molecule has 0 saturated carbocycles. The predicted octanol–water partition coefficient (Wildman–Crippen LogP) is 5.69. The number of amides is 2. The molecule has 1 heterocycles. The molecule has 1 N–H and O–H groups in total. The van der Waals surface area contributed by atoms with Gasteiger partial charge in [0.2, 0.25) is 0 Å². The Morgan fingerprint density at radius 3 is 2.62 bits per heavy atom. The molecule has 0 saturated heterocycles. The fourth-order valence-electron chi connectivity index (χ4n) is 2.88. The molecule has 2 aromatic carbocycles. The van der Waals surface area contributed by atoms with Gasteiger partial charge < -0.3 is 14.8 Å². The van der Waals surface area contributed by atoms with Crippen molar-refractivity contribution in [2.45, 2.75) is 13.1 Å². The number of benzene rings is 2. The highest BCUT2D eigenvalue weighted by Gasteiger charge is 2.15. The second kappa shape index (κ2) is 9.39. The van der Waals surface area contributed by atoms with Crippen molar-refractivity contribution in [1.29, 1.82) is 0 Å². The molecule has 0 fully saturated rings. The number of nitrogens with zero attached hydrogens (tertiary/aromatic N) is 2. The van der Waals surface area contributed by atoms with E-state index < -0.39 is 5.82 Å². The van der Waals surface area contributed by atoms with Crippen molar-refractivity contribution in [3.8, 4) is 0 Å². The fraction of sp³-hybridized carbons (Fsp3) is 0.136. The molecule has 150 valence electrons. The van der Waals surface area contributed by atoms with Crippen molar-refractivity contribution in [2.24, 2.45) is 0 Å². The van der Waals surface area contributed by atoms with Gasteiger partial charge >= 0.3 is 6.03 Å². The smallest absolute Gasteiger partial charge is 0.322 e. The van der Waals surface area contributed by atoms with Crippen LogP contribution in [0, 0.1) is 11.6 Å². The average molecular weight is 416 g/mol. The summed E-state index contributed by atoms with van der Waals surface area (Å²) in [5.41, 5.74) is 2.25. The van der Waals surface area contributed by atoms with Crippen molar-refractivity contribution in [3.05, 3.63) is 101 Å². The lowest BCUT2D eigenvalue weighted by Gasteiger charge is -2.23. The van der Waals surface area contributed by atoms with Gasteiger partial charge in [0.05, 0.1) is 11.6 Å². The van der Waals surface area contributed by atoms with E-state index in [1.807, 2.05) is 22.9 Å². The molecule has 0 aliphatic rings. The molecule has 4 nitrogen and oxygen atoms in total. The summed E-state index contributed by atoms with van der Waals surface area (Å²) in [4.78, 5) is 14.3. The maximum Gasteiger partial charge on any atom is 0.322 e. The van der Waals surface area contributed by atoms with Gasteiger partial charge in [-0.25, -0.2) is 13.6 Å². The van der Waals surface area contributed by atoms with E-state index in [0.717, 1.165) is 11.3 Å². The zero-order chi connectivity index (χ0) is 20.8. The Balaban J connectivity index is 1.72. The summed E-state index contributed by atoms with van der Waals surface area (Å²) in [5, 5.41) is 2.66. The highest BCUT2D eigenvalue weighted by molar-refractivity contribution is 6.31.